The predicted octanol–water partition coefficient (Wildman–Crippen LogP) is 1.24. The summed E-state index contributed by atoms with van der Waals surface area (Å²) in [5.74, 6) is 1.85. The second-order valence-corrected chi connectivity index (χ2v) is 6.29. The molecule has 0 amide bonds. The lowest BCUT2D eigenvalue weighted by Gasteiger charge is -2.25. The number of ether oxygens (including phenoxy) is 1. The van der Waals surface area contributed by atoms with Crippen LogP contribution in [0.4, 0.5) is 0 Å². The smallest absolute Gasteiger partial charge is 0.138 e. The number of nitrogens with one attached hydrogen (secondary N) is 1. The summed E-state index contributed by atoms with van der Waals surface area (Å²) in [5, 5.41) is 17.7. The van der Waals surface area contributed by atoms with Gasteiger partial charge in [0.15, 0.2) is 0 Å². The molecule has 2 N–H and O–H groups in total. The quantitative estimate of drug-likeness (QED) is 0.839. The van der Waals surface area contributed by atoms with E-state index in [0.717, 1.165) is 31.0 Å². The van der Waals surface area contributed by atoms with Gasteiger partial charge < -0.3 is 15.2 Å². The Morgan fingerprint density at radius 3 is 2.91 bits per heavy atom. The van der Waals surface area contributed by atoms with Crippen molar-refractivity contribution in [1.29, 1.82) is 0 Å². The number of fused-ring (bicyclic) bond motifs is 1. The first-order valence-electron chi connectivity index (χ1n) is 8.09. The third kappa shape index (κ3) is 4.30. The maximum atomic E-state index is 10.1. The highest BCUT2D eigenvalue weighted by atomic mass is 16.5. The van der Waals surface area contributed by atoms with Crippen LogP contribution < -0.4 is 10.1 Å². The van der Waals surface area contributed by atoms with E-state index in [0.29, 0.717) is 12.6 Å². The Bertz CT molecular complexity index is 636. The molecule has 1 aromatic carbocycles. The van der Waals surface area contributed by atoms with Gasteiger partial charge in [-0.25, -0.2) is 9.67 Å². The highest BCUT2D eigenvalue weighted by molar-refractivity contribution is 5.32. The van der Waals surface area contributed by atoms with Crippen LogP contribution in [0.25, 0.3) is 0 Å². The second kappa shape index (κ2) is 7.10. The Kier molecular flexibility index (Phi) is 4.93. The number of aliphatic hydroxyl groups is 1. The third-order valence-corrected chi connectivity index (χ3v) is 4.09. The van der Waals surface area contributed by atoms with Gasteiger partial charge in [0.25, 0.3) is 0 Å². The zero-order chi connectivity index (χ0) is 16.2. The molecule has 1 aliphatic heterocycles. The first-order chi connectivity index (χ1) is 11.1. The van der Waals surface area contributed by atoms with Crippen LogP contribution in [0.15, 0.2) is 24.5 Å². The Hall–Kier alpha value is -1.92. The van der Waals surface area contributed by atoms with Crippen LogP contribution in [0.1, 0.15) is 23.4 Å². The molecule has 2 aromatic rings. The van der Waals surface area contributed by atoms with Crippen molar-refractivity contribution >= 4 is 0 Å². The lowest BCUT2D eigenvalue weighted by atomic mass is 10.1. The summed E-state index contributed by atoms with van der Waals surface area (Å²) in [6.45, 7) is 5.69. The molecule has 0 aliphatic carbocycles. The van der Waals surface area contributed by atoms with Crippen LogP contribution in [0.3, 0.4) is 0 Å². The molecule has 0 saturated heterocycles. The molecule has 0 bridgehead atoms. The number of aliphatic hydroxyl groups excluding tert-OH is 1. The minimum absolute atomic E-state index is 0.289. The van der Waals surface area contributed by atoms with Crippen molar-refractivity contribution in [1.82, 2.24) is 20.1 Å². The number of hydrogen-bond donors (Lipinski definition) is 2. The monoisotopic (exact) mass is 316 g/mol. The molecule has 0 saturated carbocycles. The molecule has 0 spiro atoms. The van der Waals surface area contributed by atoms with E-state index >= 15 is 0 Å². The average molecular weight is 316 g/mol. The van der Waals surface area contributed by atoms with E-state index in [9.17, 15) is 5.11 Å². The fraction of sp³-hybridized carbons (Fsp3) is 0.529. The molecule has 0 radical (unpaired) electrons. The number of aromatic nitrogens is 3. The summed E-state index contributed by atoms with van der Waals surface area (Å²) in [6.07, 6.45) is 3.01. The van der Waals surface area contributed by atoms with Gasteiger partial charge in [0.2, 0.25) is 0 Å². The van der Waals surface area contributed by atoms with Gasteiger partial charge in [-0.05, 0) is 43.5 Å². The number of benzene rings is 1. The molecule has 0 unspecified atom stereocenters. The van der Waals surface area contributed by atoms with Gasteiger partial charge in [-0.3, -0.25) is 0 Å². The molecule has 6 nitrogen and oxygen atoms in total. The number of aryl methyl sites for hydroxylation is 3. The normalized spacial score (nSPS) is 18.5. The number of hydrogen-bond acceptors (Lipinski definition) is 5. The first kappa shape index (κ1) is 16.0. The fourth-order valence-electron chi connectivity index (χ4n) is 2.97. The Morgan fingerprint density at radius 2 is 2.13 bits per heavy atom. The van der Waals surface area contributed by atoms with Crippen molar-refractivity contribution < 1.29 is 9.84 Å². The van der Waals surface area contributed by atoms with Gasteiger partial charge in [0, 0.05) is 19.0 Å². The van der Waals surface area contributed by atoms with Crippen LogP contribution in [0, 0.1) is 13.8 Å². The maximum Gasteiger partial charge on any atom is 0.138 e. The lowest BCUT2D eigenvalue weighted by Crippen LogP contribution is -2.42. The van der Waals surface area contributed by atoms with E-state index in [2.05, 4.69) is 21.5 Å². The van der Waals surface area contributed by atoms with Gasteiger partial charge in [-0.1, -0.05) is 6.07 Å². The van der Waals surface area contributed by atoms with E-state index < -0.39 is 6.10 Å². The minimum Gasteiger partial charge on any atom is -0.491 e. The molecular formula is C17H24N4O2. The van der Waals surface area contributed by atoms with Crippen molar-refractivity contribution in [2.45, 2.75) is 45.4 Å². The van der Waals surface area contributed by atoms with Gasteiger partial charge in [0.1, 0.15) is 30.6 Å². The predicted molar refractivity (Wildman–Crippen MR) is 87.6 cm³/mol. The Morgan fingerprint density at radius 1 is 1.35 bits per heavy atom. The molecule has 0 fully saturated rings. The molecule has 2 atom stereocenters. The number of rotatable bonds is 6. The van der Waals surface area contributed by atoms with Crippen molar-refractivity contribution in [2.75, 3.05) is 13.2 Å². The van der Waals surface area contributed by atoms with E-state index in [4.69, 9.17) is 4.74 Å². The molecule has 23 heavy (non-hydrogen) atoms. The van der Waals surface area contributed by atoms with E-state index in [-0.39, 0.29) is 6.61 Å². The summed E-state index contributed by atoms with van der Waals surface area (Å²) in [7, 11) is 0. The van der Waals surface area contributed by atoms with Crippen molar-refractivity contribution in [3.8, 4) is 5.75 Å². The SMILES string of the molecule is Cc1cc(C)cc(OC[C@@H](O)CN[C@H]2CCc3ncnn3C2)c1. The van der Waals surface area contributed by atoms with Crippen LogP contribution in [0.2, 0.25) is 0 Å². The summed E-state index contributed by atoms with van der Waals surface area (Å²) >= 11 is 0. The van der Waals surface area contributed by atoms with Gasteiger partial charge in [0.05, 0.1) is 6.54 Å². The molecule has 3 rings (SSSR count). The van der Waals surface area contributed by atoms with Crippen LogP contribution >= 0.6 is 0 Å². The molecule has 1 aromatic heterocycles. The standard InChI is InChI=1S/C17H24N4O2/c1-12-5-13(2)7-16(6-12)23-10-15(22)8-18-14-3-4-17-19-11-20-21(17)9-14/h5-7,11,14-15,18,22H,3-4,8-10H2,1-2H3/t14-,15-/m0/s1. The van der Waals surface area contributed by atoms with Gasteiger partial charge in [-0.15, -0.1) is 0 Å². The van der Waals surface area contributed by atoms with E-state index in [1.807, 2.05) is 30.7 Å². The van der Waals surface area contributed by atoms with Crippen LogP contribution in [0.5, 0.6) is 5.75 Å². The zero-order valence-corrected chi connectivity index (χ0v) is 13.7. The van der Waals surface area contributed by atoms with Crippen LogP contribution in [-0.4, -0.2) is 45.2 Å². The highest BCUT2D eigenvalue weighted by Gasteiger charge is 2.20. The first-order valence-corrected chi connectivity index (χ1v) is 8.09. The fourth-order valence-corrected chi connectivity index (χ4v) is 2.97. The second-order valence-electron chi connectivity index (χ2n) is 6.29. The van der Waals surface area contributed by atoms with Crippen LogP contribution in [-0.2, 0) is 13.0 Å². The molecular weight excluding hydrogens is 292 g/mol. The third-order valence-electron chi connectivity index (χ3n) is 4.09. The summed E-state index contributed by atoms with van der Waals surface area (Å²) < 4.78 is 7.63. The molecule has 124 valence electrons. The Balaban J connectivity index is 1.42. The van der Waals surface area contributed by atoms with Crippen molar-refractivity contribution in [2.24, 2.45) is 0 Å². The maximum absolute atomic E-state index is 10.1. The highest BCUT2D eigenvalue weighted by Crippen LogP contribution is 2.16. The van der Waals surface area contributed by atoms with E-state index in [1.165, 1.54) is 11.1 Å². The lowest BCUT2D eigenvalue weighted by molar-refractivity contribution is 0.101. The largest absolute Gasteiger partial charge is 0.491 e. The topological polar surface area (TPSA) is 72.2 Å². The average Bonchev–Trinajstić information content (AvgIpc) is 2.97. The van der Waals surface area contributed by atoms with Gasteiger partial charge in [-0.2, -0.15) is 5.10 Å². The van der Waals surface area contributed by atoms with Crippen molar-refractivity contribution in [3.05, 3.63) is 41.5 Å². The summed E-state index contributed by atoms with van der Waals surface area (Å²) in [6, 6.07) is 6.40. The number of nitrogens with zero attached hydrogens (tertiary/aromatic N) is 3. The summed E-state index contributed by atoms with van der Waals surface area (Å²) in [4.78, 5) is 4.22. The van der Waals surface area contributed by atoms with E-state index in [1.54, 1.807) is 6.33 Å². The summed E-state index contributed by atoms with van der Waals surface area (Å²) in [5.41, 5.74) is 2.33. The molecule has 1 aliphatic rings. The van der Waals surface area contributed by atoms with Gasteiger partial charge >= 0.3 is 0 Å². The zero-order valence-electron chi connectivity index (χ0n) is 13.7. The molecule has 2 heterocycles. The van der Waals surface area contributed by atoms with Crippen molar-refractivity contribution in [3.63, 3.8) is 0 Å². The molecule has 6 heteroatoms. The Labute approximate surface area is 136 Å². The minimum atomic E-state index is -0.534.